The van der Waals surface area contributed by atoms with Crippen LogP contribution in [0.4, 0.5) is 5.13 Å². The van der Waals surface area contributed by atoms with Crippen LogP contribution in [0.3, 0.4) is 0 Å². The Kier molecular flexibility index (Phi) is 5.01. The molecule has 0 atom stereocenters. The van der Waals surface area contributed by atoms with E-state index in [0.717, 1.165) is 25.8 Å². The molecule has 0 unspecified atom stereocenters. The lowest BCUT2D eigenvalue weighted by Gasteiger charge is -2.35. The molecule has 0 spiro atoms. The average molecular weight is 267 g/mol. The Morgan fingerprint density at radius 2 is 2.06 bits per heavy atom. The number of anilines is 1. The largest absolute Gasteiger partial charge is 0.345 e. The fourth-order valence-corrected chi connectivity index (χ4v) is 3.69. The van der Waals surface area contributed by atoms with Crippen LogP contribution in [-0.4, -0.2) is 23.6 Å². The minimum absolute atomic E-state index is 0.423. The van der Waals surface area contributed by atoms with Gasteiger partial charge < -0.3 is 10.6 Å². The van der Waals surface area contributed by atoms with E-state index in [1.165, 1.54) is 30.1 Å². The number of thiazole rings is 1. The van der Waals surface area contributed by atoms with Crippen LogP contribution in [0.25, 0.3) is 0 Å². The Morgan fingerprint density at radius 1 is 1.33 bits per heavy atom. The Morgan fingerprint density at radius 3 is 2.61 bits per heavy atom. The Labute approximate surface area is 114 Å². The van der Waals surface area contributed by atoms with Crippen molar-refractivity contribution in [2.75, 3.05) is 11.4 Å². The average Bonchev–Trinajstić information content (AvgIpc) is 2.86. The van der Waals surface area contributed by atoms with Gasteiger partial charge in [-0.2, -0.15) is 0 Å². The molecule has 1 saturated carbocycles. The van der Waals surface area contributed by atoms with E-state index in [2.05, 4.69) is 24.1 Å². The summed E-state index contributed by atoms with van der Waals surface area (Å²) in [6.45, 7) is 5.54. The SMILES string of the molecule is CCCN(c1nc(CC)cs1)C1CCC(N)CC1. The lowest BCUT2D eigenvalue weighted by molar-refractivity contribution is 0.375. The molecule has 1 aromatic rings. The first-order valence-corrected chi connectivity index (χ1v) is 8.09. The summed E-state index contributed by atoms with van der Waals surface area (Å²) in [5.41, 5.74) is 7.23. The first-order valence-electron chi connectivity index (χ1n) is 7.21. The van der Waals surface area contributed by atoms with Crippen molar-refractivity contribution >= 4 is 16.5 Å². The Balaban J connectivity index is 2.07. The summed E-state index contributed by atoms with van der Waals surface area (Å²) >= 11 is 1.80. The third-order valence-corrected chi connectivity index (χ3v) is 4.72. The number of hydrogen-bond donors (Lipinski definition) is 1. The van der Waals surface area contributed by atoms with Gasteiger partial charge in [-0.25, -0.2) is 4.98 Å². The van der Waals surface area contributed by atoms with Gasteiger partial charge in [0.15, 0.2) is 5.13 Å². The van der Waals surface area contributed by atoms with Gasteiger partial charge in [-0.15, -0.1) is 11.3 Å². The topological polar surface area (TPSA) is 42.2 Å². The van der Waals surface area contributed by atoms with E-state index in [1.807, 2.05) is 0 Å². The predicted octanol–water partition coefficient (Wildman–Crippen LogP) is 3.19. The highest BCUT2D eigenvalue weighted by Crippen LogP contribution is 2.29. The highest BCUT2D eigenvalue weighted by molar-refractivity contribution is 7.13. The zero-order chi connectivity index (χ0) is 13.0. The molecule has 0 aliphatic heterocycles. The second kappa shape index (κ2) is 6.53. The summed E-state index contributed by atoms with van der Waals surface area (Å²) in [5.74, 6) is 0. The maximum Gasteiger partial charge on any atom is 0.185 e. The summed E-state index contributed by atoms with van der Waals surface area (Å²) in [7, 11) is 0. The highest BCUT2D eigenvalue weighted by Gasteiger charge is 2.25. The van der Waals surface area contributed by atoms with Gasteiger partial charge in [0.1, 0.15) is 0 Å². The van der Waals surface area contributed by atoms with Crippen LogP contribution in [0, 0.1) is 0 Å². The minimum Gasteiger partial charge on any atom is -0.345 e. The third kappa shape index (κ3) is 3.23. The second-order valence-corrected chi connectivity index (χ2v) is 6.07. The standard InChI is InChI=1S/C14H25N3S/c1-3-9-17(13-7-5-11(15)6-8-13)14-16-12(4-2)10-18-14/h10-11,13H,3-9,15H2,1-2H3. The zero-order valence-electron chi connectivity index (χ0n) is 11.6. The van der Waals surface area contributed by atoms with Crippen LogP contribution in [-0.2, 0) is 6.42 Å². The van der Waals surface area contributed by atoms with Gasteiger partial charge in [0.25, 0.3) is 0 Å². The quantitative estimate of drug-likeness (QED) is 0.891. The van der Waals surface area contributed by atoms with Gasteiger partial charge in [-0.3, -0.25) is 0 Å². The Bertz CT molecular complexity index is 356. The normalized spacial score (nSPS) is 24.2. The molecule has 1 heterocycles. The first kappa shape index (κ1) is 13.8. The summed E-state index contributed by atoms with van der Waals surface area (Å²) in [5, 5.41) is 3.42. The smallest absolute Gasteiger partial charge is 0.185 e. The molecule has 0 amide bonds. The molecule has 4 heteroatoms. The summed E-state index contributed by atoms with van der Waals surface area (Å²) < 4.78 is 0. The van der Waals surface area contributed by atoms with E-state index >= 15 is 0 Å². The van der Waals surface area contributed by atoms with Crippen molar-refractivity contribution in [2.24, 2.45) is 5.73 Å². The van der Waals surface area contributed by atoms with Crippen molar-refractivity contribution in [3.05, 3.63) is 11.1 Å². The first-order chi connectivity index (χ1) is 8.74. The number of rotatable bonds is 5. The molecule has 2 N–H and O–H groups in total. The maximum absolute atomic E-state index is 6.00. The van der Waals surface area contributed by atoms with E-state index < -0.39 is 0 Å². The monoisotopic (exact) mass is 267 g/mol. The van der Waals surface area contributed by atoms with Crippen LogP contribution >= 0.6 is 11.3 Å². The summed E-state index contributed by atoms with van der Waals surface area (Å²) in [4.78, 5) is 7.28. The highest BCUT2D eigenvalue weighted by atomic mass is 32.1. The van der Waals surface area contributed by atoms with E-state index in [-0.39, 0.29) is 0 Å². The second-order valence-electron chi connectivity index (χ2n) is 5.24. The van der Waals surface area contributed by atoms with Crippen molar-refractivity contribution in [2.45, 2.75) is 64.5 Å². The zero-order valence-corrected chi connectivity index (χ0v) is 12.4. The number of aryl methyl sites for hydroxylation is 1. The van der Waals surface area contributed by atoms with Crippen molar-refractivity contribution in [1.29, 1.82) is 0 Å². The molecule has 102 valence electrons. The molecule has 1 aliphatic carbocycles. The van der Waals surface area contributed by atoms with Gasteiger partial charge in [0, 0.05) is 24.0 Å². The molecular formula is C14H25N3S. The molecular weight excluding hydrogens is 242 g/mol. The molecule has 18 heavy (non-hydrogen) atoms. The Hall–Kier alpha value is -0.610. The van der Waals surface area contributed by atoms with Gasteiger partial charge >= 0.3 is 0 Å². The van der Waals surface area contributed by atoms with E-state index in [1.54, 1.807) is 11.3 Å². The van der Waals surface area contributed by atoms with Gasteiger partial charge in [-0.05, 0) is 38.5 Å². The van der Waals surface area contributed by atoms with Crippen LogP contribution in [0.15, 0.2) is 5.38 Å². The summed E-state index contributed by atoms with van der Waals surface area (Å²) in [6.07, 6.45) is 6.99. The molecule has 0 bridgehead atoms. The van der Waals surface area contributed by atoms with E-state index in [0.29, 0.717) is 12.1 Å². The minimum atomic E-state index is 0.423. The molecule has 0 aromatic carbocycles. The number of hydrogen-bond acceptors (Lipinski definition) is 4. The van der Waals surface area contributed by atoms with Crippen LogP contribution in [0.5, 0.6) is 0 Å². The van der Waals surface area contributed by atoms with Crippen molar-refractivity contribution in [1.82, 2.24) is 4.98 Å². The van der Waals surface area contributed by atoms with Gasteiger partial charge in [0.05, 0.1) is 5.69 Å². The predicted molar refractivity (Wildman–Crippen MR) is 79.4 cm³/mol. The molecule has 1 fully saturated rings. The van der Waals surface area contributed by atoms with Gasteiger partial charge in [-0.1, -0.05) is 13.8 Å². The van der Waals surface area contributed by atoms with Crippen molar-refractivity contribution in [3.63, 3.8) is 0 Å². The number of aromatic nitrogens is 1. The molecule has 0 saturated heterocycles. The molecule has 1 aliphatic rings. The summed E-state index contributed by atoms with van der Waals surface area (Å²) in [6, 6.07) is 1.08. The molecule has 1 aromatic heterocycles. The van der Waals surface area contributed by atoms with Crippen LogP contribution < -0.4 is 10.6 Å². The lowest BCUT2D eigenvalue weighted by Crippen LogP contribution is -2.41. The molecule has 3 nitrogen and oxygen atoms in total. The molecule has 2 rings (SSSR count). The number of nitrogens with two attached hydrogens (primary N) is 1. The van der Waals surface area contributed by atoms with Gasteiger partial charge in [0.2, 0.25) is 0 Å². The fraction of sp³-hybridized carbons (Fsp3) is 0.786. The molecule has 0 radical (unpaired) electrons. The number of nitrogens with zero attached hydrogens (tertiary/aromatic N) is 2. The van der Waals surface area contributed by atoms with Crippen molar-refractivity contribution in [3.8, 4) is 0 Å². The lowest BCUT2D eigenvalue weighted by atomic mass is 9.91. The third-order valence-electron chi connectivity index (χ3n) is 3.79. The van der Waals surface area contributed by atoms with E-state index in [4.69, 9.17) is 10.7 Å². The maximum atomic E-state index is 6.00. The van der Waals surface area contributed by atoms with E-state index in [9.17, 15) is 0 Å². The van der Waals surface area contributed by atoms with Crippen molar-refractivity contribution < 1.29 is 0 Å². The van der Waals surface area contributed by atoms with Crippen LogP contribution in [0.2, 0.25) is 0 Å². The fourth-order valence-electron chi connectivity index (χ4n) is 2.68. The van der Waals surface area contributed by atoms with Crippen LogP contribution in [0.1, 0.15) is 51.6 Å².